The van der Waals surface area contributed by atoms with Crippen LogP contribution < -0.4 is 14.4 Å². The molecule has 0 aliphatic heterocycles. The number of nitrogens with zero attached hydrogens (tertiary/aromatic N) is 3. The second-order valence-corrected chi connectivity index (χ2v) is 7.11. The minimum Gasteiger partial charge on any atom is -0.495 e. The minimum atomic E-state index is -0.289. The molecule has 0 saturated carbocycles. The van der Waals surface area contributed by atoms with E-state index in [1.165, 1.54) is 11.3 Å². The molecule has 0 unspecified atom stereocenters. The number of aromatic nitrogens is 1. The van der Waals surface area contributed by atoms with Crippen molar-refractivity contribution < 1.29 is 9.53 Å². The van der Waals surface area contributed by atoms with Crippen molar-refractivity contribution in [3.8, 4) is 5.75 Å². The van der Waals surface area contributed by atoms with Crippen molar-refractivity contribution in [1.29, 1.82) is 0 Å². The second kappa shape index (κ2) is 6.90. The fraction of sp³-hybridized carbons (Fsp3) is 0.222. The number of hydrogen-bond donors (Lipinski definition) is 0. The molecule has 0 saturated heterocycles. The molecule has 130 valence electrons. The summed E-state index contributed by atoms with van der Waals surface area (Å²) in [5, 5.41) is 0.612. The molecule has 2 aromatic carbocycles. The monoisotopic (exact) mass is 375 g/mol. The third kappa shape index (κ3) is 3.27. The molecule has 0 aliphatic rings. The Kier molecular flexibility index (Phi) is 4.83. The first kappa shape index (κ1) is 17.5. The molecule has 0 N–H and O–H groups in total. The molecule has 0 radical (unpaired) electrons. The van der Waals surface area contributed by atoms with Gasteiger partial charge < -0.3 is 14.2 Å². The van der Waals surface area contributed by atoms with E-state index in [9.17, 15) is 4.79 Å². The number of ether oxygens (including phenoxy) is 1. The van der Waals surface area contributed by atoms with Gasteiger partial charge in [0, 0.05) is 32.4 Å². The highest BCUT2D eigenvalue weighted by Gasteiger charge is 2.13. The van der Waals surface area contributed by atoms with E-state index in [4.69, 9.17) is 16.3 Å². The summed E-state index contributed by atoms with van der Waals surface area (Å²) in [6, 6.07) is 10.9. The van der Waals surface area contributed by atoms with Crippen molar-refractivity contribution >= 4 is 44.7 Å². The number of benzene rings is 2. The highest BCUT2D eigenvalue weighted by molar-refractivity contribution is 7.17. The molecule has 0 fully saturated rings. The highest BCUT2D eigenvalue weighted by atomic mass is 35.5. The van der Waals surface area contributed by atoms with E-state index >= 15 is 0 Å². The number of anilines is 1. The highest BCUT2D eigenvalue weighted by Crippen LogP contribution is 2.32. The third-order valence-corrected chi connectivity index (χ3v) is 5.50. The number of methoxy groups -OCH3 is 1. The number of aryl methyl sites for hydroxylation is 1. The molecular weight excluding hydrogens is 358 g/mol. The minimum absolute atomic E-state index is 0.289. The first-order valence-electron chi connectivity index (χ1n) is 7.61. The number of hydrogen-bond acceptors (Lipinski definition) is 4. The second-order valence-electron chi connectivity index (χ2n) is 5.73. The van der Waals surface area contributed by atoms with E-state index in [1.807, 2.05) is 48.8 Å². The van der Waals surface area contributed by atoms with Crippen LogP contribution in [-0.2, 0) is 7.05 Å². The van der Waals surface area contributed by atoms with Crippen molar-refractivity contribution in [2.24, 2.45) is 12.0 Å². The van der Waals surface area contributed by atoms with Gasteiger partial charge in [-0.3, -0.25) is 4.79 Å². The number of thiazole rings is 1. The summed E-state index contributed by atoms with van der Waals surface area (Å²) in [5.41, 5.74) is 2.40. The predicted molar refractivity (Wildman–Crippen MR) is 103 cm³/mol. The van der Waals surface area contributed by atoms with Crippen LogP contribution in [0.1, 0.15) is 10.4 Å². The van der Waals surface area contributed by atoms with Crippen LogP contribution in [-0.4, -0.2) is 31.7 Å². The fourth-order valence-electron chi connectivity index (χ4n) is 2.51. The molecule has 25 heavy (non-hydrogen) atoms. The van der Waals surface area contributed by atoms with Gasteiger partial charge in [0.15, 0.2) is 4.80 Å². The summed E-state index contributed by atoms with van der Waals surface area (Å²) in [7, 11) is 7.36. The quantitative estimate of drug-likeness (QED) is 0.701. The van der Waals surface area contributed by atoms with Crippen LogP contribution in [0.2, 0.25) is 5.02 Å². The van der Waals surface area contributed by atoms with Gasteiger partial charge in [-0.1, -0.05) is 22.9 Å². The molecular formula is C18H18ClN3O2S. The maximum Gasteiger partial charge on any atom is 0.279 e. The summed E-state index contributed by atoms with van der Waals surface area (Å²) >= 11 is 7.65. The Morgan fingerprint density at radius 2 is 1.88 bits per heavy atom. The van der Waals surface area contributed by atoms with Gasteiger partial charge in [-0.25, -0.2) is 0 Å². The smallest absolute Gasteiger partial charge is 0.279 e. The molecule has 0 bridgehead atoms. The molecule has 0 aliphatic carbocycles. The van der Waals surface area contributed by atoms with E-state index in [0.717, 1.165) is 15.9 Å². The van der Waals surface area contributed by atoms with Gasteiger partial charge in [0.05, 0.1) is 16.8 Å². The number of amides is 1. The fourth-order valence-corrected chi connectivity index (χ4v) is 3.82. The molecule has 0 spiro atoms. The van der Waals surface area contributed by atoms with Gasteiger partial charge in [0.2, 0.25) is 0 Å². The average Bonchev–Trinajstić information content (AvgIpc) is 2.93. The lowest BCUT2D eigenvalue weighted by atomic mass is 10.2. The largest absolute Gasteiger partial charge is 0.495 e. The van der Waals surface area contributed by atoms with Crippen LogP contribution in [0.4, 0.5) is 5.69 Å². The van der Waals surface area contributed by atoms with Crippen LogP contribution in [0, 0.1) is 0 Å². The third-order valence-electron chi connectivity index (χ3n) is 3.91. The lowest BCUT2D eigenvalue weighted by molar-refractivity contribution is 0.0998. The van der Waals surface area contributed by atoms with Crippen molar-refractivity contribution in [1.82, 2.24) is 4.57 Å². The van der Waals surface area contributed by atoms with Crippen molar-refractivity contribution in [3.05, 3.63) is 51.8 Å². The van der Waals surface area contributed by atoms with Crippen LogP contribution in [0.15, 0.2) is 41.4 Å². The lowest BCUT2D eigenvalue weighted by Crippen LogP contribution is -2.14. The Labute approximate surface area is 154 Å². The Balaban J connectivity index is 2.08. The summed E-state index contributed by atoms with van der Waals surface area (Å²) in [4.78, 5) is 19.3. The summed E-state index contributed by atoms with van der Waals surface area (Å²) in [6.07, 6.45) is 0. The zero-order valence-electron chi connectivity index (χ0n) is 14.4. The zero-order chi connectivity index (χ0) is 18.1. The normalized spacial score (nSPS) is 11.8. The van der Waals surface area contributed by atoms with E-state index in [2.05, 4.69) is 4.99 Å². The summed E-state index contributed by atoms with van der Waals surface area (Å²) < 4.78 is 8.07. The summed E-state index contributed by atoms with van der Waals surface area (Å²) in [5.74, 6) is 0.407. The molecule has 1 heterocycles. The van der Waals surface area contributed by atoms with E-state index in [0.29, 0.717) is 21.1 Å². The van der Waals surface area contributed by atoms with Crippen molar-refractivity contribution in [3.63, 3.8) is 0 Å². The van der Waals surface area contributed by atoms with Crippen LogP contribution >= 0.6 is 22.9 Å². The maximum absolute atomic E-state index is 12.5. The van der Waals surface area contributed by atoms with Gasteiger partial charge in [-0.2, -0.15) is 4.99 Å². The van der Waals surface area contributed by atoms with E-state index in [1.54, 1.807) is 25.3 Å². The number of carbonyl (C=O) groups excluding carboxylic acids is 1. The average molecular weight is 376 g/mol. The maximum atomic E-state index is 12.5. The SMILES string of the molecule is COc1ccc(Cl)c2sc(=NC(=O)c3ccc(N(C)C)cc3)n(C)c12. The van der Waals surface area contributed by atoms with Crippen LogP contribution in [0.3, 0.4) is 0 Å². The number of halogens is 1. The Morgan fingerprint density at radius 3 is 2.48 bits per heavy atom. The molecule has 5 nitrogen and oxygen atoms in total. The van der Waals surface area contributed by atoms with Gasteiger partial charge >= 0.3 is 0 Å². The number of fused-ring (bicyclic) bond motifs is 1. The molecule has 1 amide bonds. The Hall–Kier alpha value is -2.31. The standard InChI is InChI=1S/C18H18ClN3O2S/c1-21(2)12-7-5-11(6-8-12)17(23)20-18-22(3)15-14(24-4)10-9-13(19)16(15)25-18/h5-10H,1-4H3. The lowest BCUT2D eigenvalue weighted by Gasteiger charge is -2.11. The molecule has 3 rings (SSSR count). The van der Waals surface area contributed by atoms with Crippen molar-refractivity contribution in [2.75, 3.05) is 26.1 Å². The molecule has 0 atom stereocenters. The van der Waals surface area contributed by atoms with Gasteiger partial charge in [0.25, 0.3) is 5.91 Å². The van der Waals surface area contributed by atoms with Crippen LogP contribution in [0.5, 0.6) is 5.75 Å². The molecule has 1 aromatic heterocycles. The topological polar surface area (TPSA) is 46.8 Å². The predicted octanol–water partition coefficient (Wildman–Crippen LogP) is 3.71. The molecule has 3 aromatic rings. The van der Waals surface area contributed by atoms with E-state index < -0.39 is 0 Å². The number of rotatable bonds is 3. The zero-order valence-corrected chi connectivity index (χ0v) is 16.0. The number of carbonyl (C=O) groups is 1. The first-order chi connectivity index (χ1) is 11.9. The van der Waals surface area contributed by atoms with Gasteiger partial charge in [0.1, 0.15) is 11.3 Å². The Morgan fingerprint density at radius 1 is 1.20 bits per heavy atom. The van der Waals surface area contributed by atoms with Crippen LogP contribution in [0.25, 0.3) is 10.2 Å². The van der Waals surface area contributed by atoms with Crippen molar-refractivity contribution in [2.45, 2.75) is 0 Å². The van der Waals surface area contributed by atoms with Gasteiger partial charge in [-0.05, 0) is 36.4 Å². The summed E-state index contributed by atoms with van der Waals surface area (Å²) in [6.45, 7) is 0. The Bertz CT molecular complexity index is 1000. The molecule has 7 heteroatoms. The van der Waals surface area contributed by atoms with Gasteiger partial charge in [-0.15, -0.1) is 0 Å². The van der Waals surface area contributed by atoms with E-state index in [-0.39, 0.29) is 5.91 Å². The first-order valence-corrected chi connectivity index (χ1v) is 8.80.